The van der Waals surface area contributed by atoms with Crippen molar-refractivity contribution in [2.45, 2.75) is 58.1 Å². The van der Waals surface area contributed by atoms with Crippen LogP contribution in [-0.2, 0) is 6.61 Å². The molecule has 1 aromatic heterocycles. The van der Waals surface area contributed by atoms with Crippen molar-refractivity contribution in [3.8, 4) is 0 Å². The lowest BCUT2D eigenvalue weighted by molar-refractivity contribution is 0.274. The lowest BCUT2D eigenvalue weighted by Crippen LogP contribution is -2.12. The van der Waals surface area contributed by atoms with E-state index in [-0.39, 0.29) is 6.61 Å². The quantitative estimate of drug-likeness (QED) is 0.828. The van der Waals surface area contributed by atoms with Gasteiger partial charge in [-0.2, -0.15) is 0 Å². The molecule has 1 aliphatic rings. The first-order chi connectivity index (χ1) is 7.24. The molecule has 0 bridgehead atoms. The number of hydrogen-bond donors (Lipinski definition) is 1. The van der Waals surface area contributed by atoms with Gasteiger partial charge in [0.1, 0.15) is 5.69 Å². The second-order valence-corrected chi connectivity index (χ2v) is 4.62. The van der Waals surface area contributed by atoms with E-state index in [0.717, 1.165) is 11.4 Å². The molecule has 1 fully saturated rings. The summed E-state index contributed by atoms with van der Waals surface area (Å²) in [4.78, 5) is 0. The van der Waals surface area contributed by atoms with Crippen molar-refractivity contribution in [2.75, 3.05) is 0 Å². The minimum absolute atomic E-state index is 0.000231. The number of aliphatic hydroxyl groups excluding tert-OH is 1. The highest BCUT2D eigenvalue weighted by atomic mass is 16.3. The van der Waals surface area contributed by atoms with Crippen LogP contribution < -0.4 is 0 Å². The van der Waals surface area contributed by atoms with E-state index in [2.05, 4.69) is 24.2 Å². The third kappa shape index (κ3) is 1.91. The summed E-state index contributed by atoms with van der Waals surface area (Å²) in [6.45, 7) is 4.26. The average Bonchev–Trinajstić information content (AvgIpc) is 2.85. The number of rotatable bonds is 3. The van der Waals surface area contributed by atoms with E-state index in [1.165, 1.54) is 25.7 Å². The summed E-state index contributed by atoms with van der Waals surface area (Å²) >= 11 is 0. The molecule has 1 heterocycles. The Morgan fingerprint density at radius 2 is 2.07 bits per heavy atom. The normalized spacial score (nSPS) is 17.9. The molecular formula is C11H19N3O. The molecule has 0 saturated heterocycles. The summed E-state index contributed by atoms with van der Waals surface area (Å²) in [7, 11) is 0. The zero-order valence-corrected chi connectivity index (χ0v) is 9.48. The van der Waals surface area contributed by atoms with Gasteiger partial charge in [0.05, 0.1) is 18.3 Å². The molecule has 1 aromatic rings. The third-order valence-corrected chi connectivity index (χ3v) is 3.17. The van der Waals surface area contributed by atoms with Crippen molar-refractivity contribution in [1.82, 2.24) is 15.0 Å². The maximum Gasteiger partial charge on any atom is 0.112 e. The Hall–Kier alpha value is -0.900. The minimum Gasteiger partial charge on any atom is -0.390 e. The van der Waals surface area contributed by atoms with Gasteiger partial charge in [0.25, 0.3) is 0 Å². The van der Waals surface area contributed by atoms with Crippen molar-refractivity contribution >= 4 is 0 Å². The van der Waals surface area contributed by atoms with E-state index in [4.69, 9.17) is 0 Å². The zero-order valence-electron chi connectivity index (χ0n) is 9.48. The number of aliphatic hydroxyl groups is 1. The molecule has 0 aromatic carbocycles. The standard InChI is InChI=1S/C11H19N3O/c1-8(2)11-10(7-15)12-13-14(11)9-5-3-4-6-9/h8-9,15H,3-7H2,1-2H3. The number of nitrogens with zero attached hydrogens (tertiary/aromatic N) is 3. The van der Waals surface area contributed by atoms with Crippen LogP contribution in [0.2, 0.25) is 0 Å². The molecule has 0 spiro atoms. The van der Waals surface area contributed by atoms with Gasteiger partial charge < -0.3 is 5.11 Å². The molecule has 1 N–H and O–H groups in total. The smallest absolute Gasteiger partial charge is 0.112 e. The van der Waals surface area contributed by atoms with E-state index in [9.17, 15) is 5.11 Å². The van der Waals surface area contributed by atoms with Gasteiger partial charge in [-0.15, -0.1) is 5.10 Å². The number of aromatic nitrogens is 3. The molecule has 0 atom stereocenters. The summed E-state index contributed by atoms with van der Waals surface area (Å²) in [5, 5.41) is 17.5. The number of hydrogen-bond acceptors (Lipinski definition) is 3. The van der Waals surface area contributed by atoms with E-state index in [1.807, 2.05) is 4.68 Å². The van der Waals surface area contributed by atoms with Crippen LogP contribution in [0, 0.1) is 0 Å². The zero-order chi connectivity index (χ0) is 10.8. The Bertz CT molecular complexity index is 327. The Labute approximate surface area is 90.3 Å². The molecule has 0 radical (unpaired) electrons. The first-order valence-electron chi connectivity index (χ1n) is 5.79. The summed E-state index contributed by atoms with van der Waals surface area (Å²) in [5.41, 5.74) is 1.86. The molecule has 4 heteroatoms. The summed E-state index contributed by atoms with van der Waals surface area (Å²) in [6.07, 6.45) is 4.98. The van der Waals surface area contributed by atoms with Crippen LogP contribution in [-0.4, -0.2) is 20.1 Å². The van der Waals surface area contributed by atoms with Gasteiger partial charge in [-0.3, -0.25) is 0 Å². The predicted octanol–water partition coefficient (Wildman–Crippen LogP) is 2.01. The van der Waals surface area contributed by atoms with Crippen molar-refractivity contribution < 1.29 is 5.11 Å². The lowest BCUT2D eigenvalue weighted by atomic mass is 10.1. The summed E-state index contributed by atoms with van der Waals surface area (Å²) in [5.74, 6) is 0.378. The third-order valence-electron chi connectivity index (χ3n) is 3.17. The van der Waals surface area contributed by atoms with Gasteiger partial charge in [-0.1, -0.05) is 31.9 Å². The van der Waals surface area contributed by atoms with Crippen LogP contribution >= 0.6 is 0 Å². The van der Waals surface area contributed by atoms with Crippen LogP contribution in [0.5, 0.6) is 0 Å². The van der Waals surface area contributed by atoms with Crippen LogP contribution in [0.3, 0.4) is 0 Å². The van der Waals surface area contributed by atoms with E-state index in [0.29, 0.717) is 12.0 Å². The molecule has 84 valence electrons. The fraction of sp³-hybridized carbons (Fsp3) is 0.818. The van der Waals surface area contributed by atoms with Gasteiger partial charge in [-0.25, -0.2) is 4.68 Å². The molecule has 0 aliphatic heterocycles. The Kier molecular flexibility index (Phi) is 3.05. The van der Waals surface area contributed by atoms with Gasteiger partial charge >= 0.3 is 0 Å². The highest BCUT2D eigenvalue weighted by Gasteiger charge is 2.24. The van der Waals surface area contributed by atoms with Crippen molar-refractivity contribution in [2.24, 2.45) is 0 Å². The van der Waals surface area contributed by atoms with Crippen LogP contribution in [0.15, 0.2) is 0 Å². The fourth-order valence-corrected chi connectivity index (χ4v) is 2.46. The van der Waals surface area contributed by atoms with Crippen molar-refractivity contribution in [3.05, 3.63) is 11.4 Å². The lowest BCUT2D eigenvalue weighted by Gasteiger charge is -2.15. The molecular weight excluding hydrogens is 190 g/mol. The summed E-state index contributed by atoms with van der Waals surface area (Å²) < 4.78 is 2.04. The Balaban J connectivity index is 2.33. The highest BCUT2D eigenvalue weighted by molar-refractivity contribution is 5.14. The Morgan fingerprint density at radius 3 is 2.60 bits per heavy atom. The minimum atomic E-state index is 0.000231. The van der Waals surface area contributed by atoms with Crippen LogP contribution in [0.1, 0.15) is 62.9 Å². The molecule has 1 aliphatic carbocycles. The summed E-state index contributed by atoms with van der Waals surface area (Å²) in [6, 6.07) is 0.509. The topological polar surface area (TPSA) is 50.9 Å². The first kappa shape index (κ1) is 10.6. The fourth-order valence-electron chi connectivity index (χ4n) is 2.46. The van der Waals surface area contributed by atoms with E-state index in [1.54, 1.807) is 0 Å². The monoisotopic (exact) mass is 209 g/mol. The van der Waals surface area contributed by atoms with Crippen LogP contribution in [0.4, 0.5) is 0 Å². The molecule has 4 nitrogen and oxygen atoms in total. The van der Waals surface area contributed by atoms with Crippen molar-refractivity contribution in [1.29, 1.82) is 0 Å². The molecule has 2 rings (SSSR count). The van der Waals surface area contributed by atoms with Gasteiger partial charge in [0.2, 0.25) is 0 Å². The predicted molar refractivity (Wildman–Crippen MR) is 57.5 cm³/mol. The second kappa shape index (κ2) is 4.31. The van der Waals surface area contributed by atoms with Gasteiger partial charge in [0.15, 0.2) is 0 Å². The van der Waals surface area contributed by atoms with E-state index < -0.39 is 0 Å². The van der Waals surface area contributed by atoms with Gasteiger partial charge in [0, 0.05) is 0 Å². The van der Waals surface area contributed by atoms with Crippen molar-refractivity contribution in [3.63, 3.8) is 0 Å². The van der Waals surface area contributed by atoms with Gasteiger partial charge in [-0.05, 0) is 18.8 Å². The molecule has 0 amide bonds. The first-order valence-corrected chi connectivity index (χ1v) is 5.79. The molecule has 15 heavy (non-hydrogen) atoms. The second-order valence-electron chi connectivity index (χ2n) is 4.62. The Morgan fingerprint density at radius 1 is 1.40 bits per heavy atom. The highest BCUT2D eigenvalue weighted by Crippen LogP contribution is 2.32. The average molecular weight is 209 g/mol. The maximum atomic E-state index is 9.21. The largest absolute Gasteiger partial charge is 0.390 e. The van der Waals surface area contributed by atoms with Crippen LogP contribution in [0.25, 0.3) is 0 Å². The molecule has 1 saturated carbocycles. The van der Waals surface area contributed by atoms with E-state index >= 15 is 0 Å². The molecule has 0 unspecified atom stereocenters. The maximum absolute atomic E-state index is 9.21. The SMILES string of the molecule is CC(C)c1c(CO)nnn1C1CCCC1.